The highest BCUT2D eigenvalue weighted by atomic mass is 19.1. The number of nitriles is 1. The van der Waals surface area contributed by atoms with Gasteiger partial charge in [-0.2, -0.15) is 5.26 Å². The lowest BCUT2D eigenvalue weighted by Crippen LogP contribution is -2.13. The fourth-order valence-electron chi connectivity index (χ4n) is 3.39. The minimum Gasteiger partial charge on any atom is -0.206 e. The van der Waals surface area contributed by atoms with E-state index < -0.39 is 0 Å². The summed E-state index contributed by atoms with van der Waals surface area (Å²) in [4.78, 5) is 0. The molecule has 1 aromatic rings. The molecule has 0 atom stereocenters. The van der Waals surface area contributed by atoms with E-state index in [0.717, 1.165) is 24.3 Å². The van der Waals surface area contributed by atoms with Gasteiger partial charge in [0.05, 0.1) is 5.56 Å². The molecule has 0 amide bonds. The standard InChI is InChI=1S/C20H26FN/c1-2-3-4-5-6-7-16-8-10-17(11-9-16)18-12-13-19(15-22)20(21)14-18/h4-5,12-14,16-17H,2-3,6-11H2,1H3/b5-4+/t16-,17-. The molecule has 0 heterocycles. The highest BCUT2D eigenvalue weighted by molar-refractivity contribution is 5.34. The Morgan fingerprint density at radius 1 is 1.18 bits per heavy atom. The molecule has 0 N–H and O–H groups in total. The first-order chi connectivity index (χ1) is 10.7. The van der Waals surface area contributed by atoms with Crippen LogP contribution in [0.2, 0.25) is 0 Å². The van der Waals surface area contributed by atoms with Gasteiger partial charge >= 0.3 is 0 Å². The SMILES string of the molecule is CCC/C=C/CC[C@H]1CC[C@H](c2ccc(C#N)c(F)c2)CC1. The van der Waals surface area contributed by atoms with Gasteiger partial charge < -0.3 is 0 Å². The molecule has 1 aliphatic carbocycles. The van der Waals surface area contributed by atoms with Crippen molar-refractivity contribution in [2.75, 3.05) is 0 Å². The smallest absolute Gasteiger partial charge is 0.141 e. The number of hydrogen-bond acceptors (Lipinski definition) is 1. The van der Waals surface area contributed by atoms with Crippen molar-refractivity contribution in [1.29, 1.82) is 5.26 Å². The number of allylic oxidation sites excluding steroid dienone is 2. The Kier molecular flexibility index (Phi) is 6.65. The number of rotatable bonds is 6. The van der Waals surface area contributed by atoms with Gasteiger partial charge in [-0.1, -0.05) is 31.6 Å². The van der Waals surface area contributed by atoms with E-state index in [1.54, 1.807) is 12.1 Å². The number of nitrogens with zero attached hydrogens (tertiary/aromatic N) is 1. The van der Waals surface area contributed by atoms with E-state index in [1.807, 2.05) is 12.1 Å². The van der Waals surface area contributed by atoms with Crippen molar-refractivity contribution in [3.8, 4) is 6.07 Å². The Hall–Kier alpha value is -1.62. The molecular formula is C20H26FN. The summed E-state index contributed by atoms with van der Waals surface area (Å²) in [5, 5.41) is 8.80. The molecule has 0 unspecified atom stereocenters. The van der Waals surface area contributed by atoms with Crippen molar-refractivity contribution in [2.24, 2.45) is 5.92 Å². The molecule has 1 fully saturated rings. The van der Waals surface area contributed by atoms with E-state index >= 15 is 0 Å². The van der Waals surface area contributed by atoms with Crippen LogP contribution >= 0.6 is 0 Å². The molecule has 2 rings (SSSR count). The largest absolute Gasteiger partial charge is 0.206 e. The second-order valence-corrected chi connectivity index (χ2v) is 6.41. The van der Waals surface area contributed by atoms with Crippen LogP contribution in [0.15, 0.2) is 30.4 Å². The average Bonchev–Trinajstić information content (AvgIpc) is 2.55. The first-order valence-corrected chi connectivity index (χ1v) is 8.59. The maximum Gasteiger partial charge on any atom is 0.141 e. The van der Waals surface area contributed by atoms with Gasteiger partial charge in [0.1, 0.15) is 11.9 Å². The molecule has 0 aromatic heterocycles. The Labute approximate surface area is 133 Å². The van der Waals surface area contributed by atoms with Crippen LogP contribution in [-0.4, -0.2) is 0 Å². The lowest BCUT2D eigenvalue weighted by molar-refractivity contribution is 0.311. The van der Waals surface area contributed by atoms with E-state index in [9.17, 15) is 4.39 Å². The molecule has 0 radical (unpaired) electrons. The van der Waals surface area contributed by atoms with Gasteiger partial charge in [-0.15, -0.1) is 0 Å². The summed E-state index contributed by atoms with van der Waals surface area (Å²) in [6, 6.07) is 7.01. The highest BCUT2D eigenvalue weighted by Gasteiger charge is 2.22. The third kappa shape index (κ3) is 4.70. The fraction of sp³-hybridized carbons (Fsp3) is 0.550. The quantitative estimate of drug-likeness (QED) is 0.581. The molecule has 0 bridgehead atoms. The number of halogens is 1. The van der Waals surface area contributed by atoms with E-state index in [-0.39, 0.29) is 11.4 Å². The summed E-state index contributed by atoms with van der Waals surface area (Å²) in [5.41, 5.74) is 1.22. The average molecular weight is 299 g/mol. The van der Waals surface area contributed by atoms with E-state index in [1.165, 1.54) is 38.5 Å². The predicted molar refractivity (Wildman–Crippen MR) is 89.1 cm³/mol. The van der Waals surface area contributed by atoms with E-state index in [4.69, 9.17) is 5.26 Å². The molecular weight excluding hydrogens is 273 g/mol. The lowest BCUT2D eigenvalue weighted by Gasteiger charge is -2.28. The van der Waals surface area contributed by atoms with Crippen LogP contribution in [0, 0.1) is 23.1 Å². The van der Waals surface area contributed by atoms with E-state index in [2.05, 4.69) is 19.1 Å². The second kappa shape index (κ2) is 8.73. The minimum atomic E-state index is -0.372. The Morgan fingerprint density at radius 3 is 2.55 bits per heavy atom. The topological polar surface area (TPSA) is 23.8 Å². The minimum absolute atomic E-state index is 0.149. The second-order valence-electron chi connectivity index (χ2n) is 6.41. The summed E-state index contributed by atoms with van der Waals surface area (Å²) in [6.45, 7) is 2.21. The number of unbranched alkanes of at least 4 members (excludes halogenated alkanes) is 1. The van der Waals surface area contributed by atoms with Crippen LogP contribution in [0.25, 0.3) is 0 Å². The molecule has 1 aromatic carbocycles. The summed E-state index contributed by atoms with van der Waals surface area (Å²) >= 11 is 0. The molecule has 0 aliphatic heterocycles. The van der Waals surface area contributed by atoms with Crippen molar-refractivity contribution < 1.29 is 4.39 Å². The normalized spacial score (nSPS) is 21.9. The maximum absolute atomic E-state index is 13.7. The highest BCUT2D eigenvalue weighted by Crippen LogP contribution is 2.37. The molecule has 1 aliphatic rings. The van der Waals surface area contributed by atoms with Crippen LogP contribution in [0.1, 0.15) is 75.3 Å². The van der Waals surface area contributed by atoms with Crippen molar-refractivity contribution >= 4 is 0 Å². The third-order valence-corrected chi connectivity index (χ3v) is 4.80. The van der Waals surface area contributed by atoms with Crippen LogP contribution in [-0.2, 0) is 0 Å². The van der Waals surface area contributed by atoms with Crippen LogP contribution < -0.4 is 0 Å². The zero-order chi connectivity index (χ0) is 15.8. The molecule has 2 heteroatoms. The third-order valence-electron chi connectivity index (χ3n) is 4.80. The van der Waals surface area contributed by atoms with Gasteiger partial charge in [-0.05, 0) is 74.5 Å². The number of hydrogen-bond donors (Lipinski definition) is 0. The zero-order valence-corrected chi connectivity index (χ0v) is 13.5. The Bertz CT molecular complexity index is 533. The maximum atomic E-state index is 13.7. The van der Waals surface area contributed by atoms with Gasteiger partial charge in [0.15, 0.2) is 0 Å². The Balaban J connectivity index is 1.80. The fourth-order valence-corrected chi connectivity index (χ4v) is 3.39. The van der Waals surface area contributed by atoms with Gasteiger partial charge in [0.25, 0.3) is 0 Å². The molecule has 118 valence electrons. The Morgan fingerprint density at radius 2 is 1.91 bits per heavy atom. The first kappa shape index (κ1) is 16.7. The van der Waals surface area contributed by atoms with Crippen LogP contribution in [0.5, 0.6) is 0 Å². The van der Waals surface area contributed by atoms with Gasteiger partial charge in [0, 0.05) is 0 Å². The summed E-state index contributed by atoms with van der Waals surface area (Å²) in [6.07, 6.45) is 14.3. The van der Waals surface area contributed by atoms with Gasteiger partial charge in [0.2, 0.25) is 0 Å². The lowest BCUT2D eigenvalue weighted by atomic mass is 9.77. The van der Waals surface area contributed by atoms with Gasteiger partial charge in [-0.3, -0.25) is 0 Å². The van der Waals surface area contributed by atoms with Crippen LogP contribution in [0.3, 0.4) is 0 Å². The van der Waals surface area contributed by atoms with Gasteiger partial charge in [-0.25, -0.2) is 4.39 Å². The predicted octanol–water partition coefficient (Wildman–Crippen LogP) is 6.11. The molecule has 22 heavy (non-hydrogen) atoms. The molecule has 0 saturated heterocycles. The monoisotopic (exact) mass is 299 g/mol. The van der Waals surface area contributed by atoms with Crippen LogP contribution in [0.4, 0.5) is 4.39 Å². The molecule has 0 spiro atoms. The van der Waals surface area contributed by atoms with Crippen molar-refractivity contribution in [2.45, 2.75) is 64.2 Å². The van der Waals surface area contributed by atoms with E-state index in [0.29, 0.717) is 5.92 Å². The van der Waals surface area contributed by atoms with Crippen molar-refractivity contribution in [3.63, 3.8) is 0 Å². The first-order valence-electron chi connectivity index (χ1n) is 8.59. The molecule has 1 saturated carbocycles. The summed E-state index contributed by atoms with van der Waals surface area (Å²) in [7, 11) is 0. The number of benzene rings is 1. The summed E-state index contributed by atoms with van der Waals surface area (Å²) in [5.74, 6) is 0.920. The van der Waals surface area contributed by atoms with Crippen molar-refractivity contribution in [1.82, 2.24) is 0 Å². The summed E-state index contributed by atoms with van der Waals surface area (Å²) < 4.78 is 13.7. The molecule has 1 nitrogen and oxygen atoms in total. The zero-order valence-electron chi connectivity index (χ0n) is 13.5. The van der Waals surface area contributed by atoms with Crippen molar-refractivity contribution in [3.05, 3.63) is 47.3 Å².